The van der Waals surface area contributed by atoms with Crippen LogP contribution in [0.4, 0.5) is 10.8 Å². The second-order valence-corrected chi connectivity index (χ2v) is 13.3. The SMILES string of the molecule is COc1ccc(/C=C(\NC(=O)c2ccccc2)C(=O)Nc2ccc(SC(C(=O)Nc3nc(-c4ccccc4)cs3)c3ccccc3)cc2)cc1OC. The highest BCUT2D eigenvalue weighted by Crippen LogP contribution is 2.37. The molecule has 5 aromatic carbocycles. The number of hydrogen-bond acceptors (Lipinski definition) is 8. The number of benzene rings is 5. The van der Waals surface area contributed by atoms with E-state index in [0.717, 1.165) is 21.7 Å². The number of thiazole rings is 1. The molecular weight excluding hydrogens is 693 g/mol. The number of thioether (sulfide) groups is 1. The number of aromatic nitrogens is 1. The van der Waals surface area contributed by atoms with Gasteiger partial charge in [-0.25, -0.2) is 4.98 Å². The Balaban J connectivity index is 1.19. The summed E-state index contributed by atoms with van der Waals surface area (Å²) in [4.78, 5) is 45.9. The Labute approximate surface area is 309 Å². The van der Waals surface area contributed by atoms with E-state index in [4.69, 9.17) is 9.47 Å². The van der Waals surface area contributed by atoms with Gasteiger partial charge in [0.1, 0.15) is 10.9 Å². The second kappa shape index (κ2) is 17.2. The molecule has 260 valence electrons. The number of carbonyl (C=O) groups excluding carboxylic acids is 3. The molecule has 6 aromatic rings. The van der Waals surface area contributed by atoms with Gasteiger partial charge in [0.25, 0.3) is 11.8 Å². The summed E-state index contributed by atoms with van der Waals surface area (Å²) in [5, 5.41) is 10.5. The minimum atomic E-state index is -0.574. The quantitative estimate of drug-likeness (QED) is 0.0805. The van der Waals surface area contributed by atoms with E-state index in [-0.39, 0.29) is 11.6 Å². The van der Waals surface area contributed by atoms with Gasteiger partial charge in [0.15, 0.2) is 16.6 Å². The van der Waals surface area contributed by atoms with Gasteiger partial charge < -0.3 is 25.4 Å². The Morgan fingerprint density at radius 3 is 2.08 bits per heavy atom. The average molecular weight is 727 g/mol. The second-order valence-electron chi connectivity index (χ2n) is 11.3. The molecule has 0 saturated carbocycles. The first-order valence-corrected chi connectivity index (χ1v) is 17.9. The Morgan fingerprint density at radius 2 is 1.40 bits per heavy atom. The maximum absolute atomic E-state index is 13.7. The number of nitrogens with one attached hydrogen (secondary N) is 3. The van der Waals surface area contributed by atoms with Crippen LogP contribution in [0.1, 0.15) is 26.7 Å². The van der Waals surface area contributed by atoms with Crippen LogP contribution in [0.2, 0.25) is 0 Å². The first-order valence-electron chi connectivity index (χ1n) is 16.1. The smallest absolute Gasteiger partial charge is 0.272 e. The minimum absolute atomic E-state index is 0.0259. The standard InChI is InChI=1S/C41H34N4O5S2/c1-49-35-23-18-27(25-36(35)50-2)24-33(43-38(46)30-16-10-5-11-17-30)39(47)42-31-19-21-32(22-20-31)52-37(29-14-8-4-9-15-29)40(48)45-41-44-34(26-51-41)28-12-6-3-7-13-28/h3-26,37H,1-2H3,(H,42,47)(H,43,46)(H,44,45,48)/b33-24-. The molecule has 0 fully saturated rings. The Bertz CT molecular complexity index is 2170. The van der Waals surface area contributed by atoms with Crippen LogP contribution in [0.15, 0.2) is 149 Å². The number of methoxy groups -OCH3 is 2. The van der Waals surface area contributed by atoms with Crippen LogP contribution in [-0.2, 0) is 9.59 Å². The molecule has 0 aliphatic rings. The van der Waals surface area contributed by atoms with Crippen LogP contribution < -0.4 is 25.4 Å². The summed E-state index contributed by atoms with van der Waals surface area (Å²) in [6.45, 7) is 0. The van der Waals surface area contributed by atoms with Crippen molar-refractivity contribution in [1.29, 1.82) is 0 Å². The fraction of sp³-hybridized carbons (Fsp3) is 0.0732. The van der Waals surface area contributed by atoms with Crippen LogP contribution in [0.25, 0.3) is 17.3 Å². The van der Waals surface area contributed by atoms with Crippen LogP contribution in [-0.4, -0.2) is 36.9 Å². The molecule has 52 heavy (non-hydrogen) atoms. The summed E-state index contributed by atoms with van der Waals surface area (Å²) < 4.78 is 10.8. The Morgan fingerprint density at radius 1 is 0.750 bits per heavy atom. The van der Waals surface area contributed by atoms with Crippen molar-refractivity contribution in [1.82, 2.24) is 10.3 Å². The molecule has 6 rings (SSSR count). The van der Waals surface area contributed by atoms with Crippen molar-refractivity contribution >= 4 is 57.7 Å². The number of carbonyl (C=O) groups is 3. The molecule has 0 aliphatic heterocycles. The lowest BCUT2D eigenvalue weighted by Crippen LogP contribution is -2.30. The zero-order valence-electron chi connectivity index (χ0n) is 28.2. The average Bonchev–Trinajstić information content (AvgIpc) is 3.66. The van der Waals surface area contributed by atoms with Gasteiger partial charge >= 0.3 is 0 Å². The predicted octanol–water partition coefficient (Wildman–Crippen LogP) is 8.71. The molecule has 0 spiro atoms. The van der Waals surface area contributed by atoms with Crippen molar-refractivity contribution in [3.05, 3.63) is 161 Å². The van der Waals surface area contributed by atoms with E-state index in [1.165, 1.54) is 37.3 Å². The van der Waals surface area contributed by atoms with Gasteiger partial charge in [0.05, 0.1) is 19.9 Å². The van der Waals surface area contributed by atoms with Gasteiger partial charge in [-0.05, 0) is 65.7 Å². The van der Waals surface area contributed by atoms with Gasteiger partial charge in [-0.2, -0.15) is 0 Å². The van der Waals surface area contributed by atoms with Gasteiger partial charge in [-0.15, -0.1) is 23.1 Å². The molecule has 11 heteroatoms. The number of anilines is 2. The summed E-state index contributed by atoms with van der Waals surface area (Å²) >= 11 is 2.75. The molecule has 1 atom stereocenters. The minimum Gasteiger partial charge on any atom is -0.493 e. The highest BCUT2D eigenvalue weighted by molar-refractivity contribution is 8.00. The molecule has 0 aliphatic carbocycles. The normalized spacial score (nSPS) is 11.6. The van der Waals surface area contributed by atoms with Gasteiger partial charge in [-0.3, -0.25) is 14.4 Å². The summed E-state index contributed by atoms with van der Waals surface area (Å²) in [6, 6.07) is 40.3. The largest absolute Gasteiger partial charge is 0.493 e. The van der Waals surface area contributed by atoms with E-state index >= 15 is 0 Å². The summed E-state index contributed by atoms with van der Waals surface area (Å²) in [6.07, 6.45) is 1.57. The highest BCUT2D eigenvalue weighted by atomic mass is 32.2. The van der Waals surface area contributed by atoms with Crippen molar-refractivity contribution in [2.75, 3.05) is 24.9 Å². The third-order valence-corrected chi connectivity index (χ3v) is 9.78. The molecule has 0 bridgehead atoms. The number of rotatable bonds is 13. The van der Waals surface area contributed by atoms with Crippen LogP contribution in [0, 0.1) is 0 Å². The van der Waals surface area contributed by atoms with Gasteiger partial charge in [0.2, 0.25) is 5.91 Å². The van der Waals surface area contributed by atoms with E-state index in [9.17, 15) is 14.4 Å². The molecule has 0 saturated heterocycles. The van der Waals surface area contributed by atoms with Crippen LogP contribution in [0.3, 0.4) is 0 Å². The van der Waals surface area contributed by atoms with Gasteiger partial charge in [0, 0.05) is 27.1 Å². The lowest BCUT2D eigenvalue weighted by Gasteiger charge is -2.17. The van der Waals surface area contributed by atoms with Crippen molar-refractivity contribution in [2.45, 2.75) is 10.1 Å². The van der Waals surface area contributed by atoms with E-state index in [2.05, 4.69) is 20.9 Å². The maximum atomic E-state index is 13.7. The molecular formula is C41H34N4O5S2. The number of ether oxygens (including phenoxy) is 2. The lowest BCUT2D eigenvalue weighted by atomic mass is 10.1. The molecule has 0 radical (unpaired) electrons. The first kappa shape index (κ1) is 35.6. The molecule has 3 amide bonds. The van der Waals surface area contributed by atoms with Crippen molar-refractivity contribution < 1.29 is 23.9 Å². The zero-order chi connectivity index (χ0) is 36.3. The molecule has 1 unspecified atom stereocenters. The lowest BCUT2D eigenvalue weighted by molar-refractivity contribution is -0.116. The number of hydrogen-bond donors (Lipinski definition) is 3. The van der Waals surface area contributed by atoms with E-state index in [1.807, 2.05) is 84.2 Å². The van der Waals surface area contributed by atoms with Crippen LogP contribution in [0.5, 0.6) is 11.5 Å². The van der Waals surface area contributed by atoms with Gasteiger partial charge in [-0.1, -0.05) is 84.9 Å². The molecule has 1 aromatic heterocycles. The first-order chi connectivity index (χ1) is 25.4. The zero-order valence-corrected chi connectivity index (χ0v) is 29.9. The third kappa shape index (κ3) is 9.13. The van der Waals surface area contributed by atoms with E-state index < -0.39 is 17.1 Å². The van der Waals surface area contributed by atoms with Crippen LogP contribution >= 0.6 is 23.1 Å². The number of nitrogens with zero attached hydrogens (tertiary/aromatic N) is 1. The highest BCUT2D eigenvalue weighted by Gasteiger charge is 2.24. The number of amides is 3. The summed E-state index contributed by atoms with van der Waals surface area (Å²) in [7, 11) is 3.06. The summed E-state index contributed by atoms with van der Waals surface area (Å²) in [5.41, 5.74) is 4.14. The fourth-order valence-corrected chi connectivity index (χ4v) is 6.89. The van der Waals surface area contributed by atoms with Crippen molar-refractivity contribution in [2.24, 2.45) is 0 Å². The van der Waals surface area contributed by atoms with E-state index in [0.29, 0.717) is 33.4 Å². The fourth-order valence-electron chi connectivity index (χ4n) is 5.15. The topological polar surface area (TPSA) is 119 Å². The molecule has 9 nitrogen and oxygen atoms in total. The predicted molar refractivity (Wildman–Crippen MR) is 208 cm³/mol. The van der Waals surface area contributed by atoms with Crippen molar-refractivity contribution in [3.8, 4) is 22.8 Å². The monoisotopic (exact) mass is 726 g/mol. The van der Waals surface area contributed by atoms with Crippen molar-refractivity contribution in [3.63, 3.8) is 0 Å². The third-order valence-electron chi connectivity index (χ3n) is 7.76. The molecule has 3 N–H and O–H groups in total. The Hall–Kier alpha value is -6.17. The molecule has 1 heterocycles. The maximum Gasteiger partial charge on any atom is 0.272 e. The summed E-state index contributed by atoms with van der Waals surface area (Å²) in [5.74, 6) is -0.164. The van der Waals surface area contributed by atoms with E-state index in [1.54, 1.807) is 60.7 Å². The Kier molecular flexibility index (Phi) is 11.8.